The zero-order chi connectivity index (χ0) is 23.0. The summed E-state index contributed by atoms with van der Waals surface area (Å²) in [5.74, 6) is 0.596. The molecule has 4 rings (SSSR count). The Hall–Kier alpha value is -2.93. The molecule has 0 unspecified atom stereocenters. The zero-order valence-corrected chi connectivity index (χ0v) is 19.0. The van der Waals surface area contributed by atoms with Crippen molar-refractivity contribution in [2.75, 3.05) is 11.9 Å². The summed E-state index contributed by atoms with van der Waals surface area (Å²) >= 11 is 5.82. The van der Waals surface area contributed by atoms with Crippen LogP contribution in [-0.2, 0) is 17.9 Å². The first kappa shape index (κ1) is 22.3. The number of fused-ring (bicyclic) bond motifs is 1. The van der Waals surface area contributed by atoms with Gasteiger partial charge >= 0.3 is 0 Å². The largest absolute Gasteiger partial charge is 0.340 e. The molecule has 1 N–H and O–H groups in total. The summed E-state index contributed by atoms with van der Waals surface area (Å²) in [5, 5.41) is 3.29. The van der Waals surface area contributed by atoms with Gasteiger partial charge < -0.3 is 14.8 Å². The van der Waals surface area contributed by atoms with Gasteiger partial charge in [-0.25, -0.2) is 13.8 Å². The van der Waals surface area contributed by atoms with E-state index in [1.165, 1.54) is 24.3 Å². The lowest BCUT2D eigenvalue weighted by molar-refractivity contribution is -0.134. The van der Waals surface area contributed by atoms with E-state index in [1.807, 2.05) is 30.2 Å². The van der Waals surface area contributed by atoms with Crippen LogP contribution in [0.1, 0.15) is 33.0 Å². The molecule has 0 fully saturated rings. The van der Waals surface area contributed by atoms with Crippen molar-refractivity contribution >= 4 is 29.0 Å². The topological polar surface area (TPSA) is 50.2 Å². The van der Waals surface area contributed by atoms with Gasteiger partial charge in [-0.3, -0.25) is 4.79 Å². The highest BCUT2D eigenvalue weighted by atomic mass is 35.5. The Balaban J connectivity index is 1.71. The Kier molecular flexibility index (Phi) is 5.95. The predicted molar refractivity (Wildman–Crippen MR) is 122 cm³/mol. The Bertz CT molecular complexity index is 1150. The summed E-state index contributed by atoms with van der Waals surface area (Å²) in [4.78, 5) is 19.4. The average molecular weight is 459 g/mol. The van der Waals surface area contributed by atoms with Crippen molar-refractivity contribution in [3.8, 4) is 11.3 Å². The molecule has 2 aromatic carbocycles. The van der Waals surface area contributed by atoms with Crippen molar-refractivity contribution in [1.82, 2.24) is 14.5 Å². The molecule has 0 atom stereocenters. The Morgan fingerprint density at radius 1 is 1.12 bits per heavy atom. The van der Waals surface area contributed by atoms with E-state index >= 15 is 0 Å². The molecule has 0 aliphatic carbocycles. The lowest BCUT2D eigenvalue weighted by Gasteiger charge is -2.31. The average Bonchev–Trinajstić information content (AvgIpc) is 3.07. The normalized spacial score (nSPS) is 13.8. The van der Waals surface area contributed by atoms with Crippen molar-refractivity contribution in [3.63, 3.8) is 0 Å². The van der Waals surface area contributed by atoms with Crippen LogP contribution in [0, 0.1) is 17.0 Å². The number of anilines is 2. The Morgan fingerprint density at radius 2 is 1.84 bits per heavy atom. The maximum Gasteiger partial charge on any atom is 0.223 e. The third-order valence-electron chi connectivity index (χ3n) is 5.31. The quantitative estimate of drug-likeness (QED) is 0.521. The number of hydrogen-bond donors (Lipinski definition) is 1. The minimum atomic E-state index is -0.530. The first-order valence-electron chi connectivity index (χ1n) is 10.5. The second-order valence-corrected chi connectivity index (χ2v) is 9.60. The van der Waals surface area contributed by atoms with Gasteiger partial charge in [0.1, 0.15) is 29.0 Å². The van der Waals surface area contributed by atoms with E-state index < -0.39 is 5.82 Å². The maximum atomic E-state index is 14.0. The smallest absolute Gasteiger partial charge is 0.223 e. The summed E-state index contributed by atoms with van der Waals surface area (Å²) in [7, 11) is 0. The standard InChI is InChI=1S/C24H25ClF2N4O/c1-24(2,3)13-21(32)30-10-11-31-20(14-30)29-22(15-4-6-16(26)7-5-15)23(31)28-17-8-9-18(25)19(27)12-17/h4-9,12,28H,10-11,13-14H2,1-3H3. The molecule has 32 heavy (non-hydrogen) atoms. The van der Waals surface area contributed by atoms with E-state index in [-0.39, 0.29) is 22.2 Å². The number of hydrogen-bond acceptors (Lipinski definition) is 3. The van der Waals surface area contributed by atoms with Crippen LogP contribution < -0.4 is 5.32 Å². The van der Waals surface area contributed by atoms with Crippen molar-refractivity contribution in [2.24, 2.45) is 5.41 Å². The van der Waals surface area contributed by atoms with Crippen LogP contribution in [0.4, 0.5) is 20.3 Å². The van der Waals surface area contributed by atoms with Crippen molar-refractivity contribution in [1.29, 1.82) is 0 Å². The molecule has 8 heteroatoms. The molecule has 0 radical (unpaired) electrons. The fraction of sp³-hybridized carbons (Fsp3) is 0.333. The van der Waals surface area contributed by atoms with Crippen LogP contribution in [0.2, 0.25) is 5.02 Å². The molecule has 0 spiro atoms. The van der Waals surface area contributed by atoms with Gasteiger partial charge in [0.2, 0.25) is 5.91 Å². The monoisotopic (exact) mass is 458 g/mol. The third-order valence-corrected chi connectivity index (χ3v) is 5.61. The second kappa shape index (κ2) is 8.54. The number of aromatic nitrogens is 2. The van der Waals surface area contributed by atoms with Gasteiger partial charge in [0.05, 0.1) is 11.6 Å². The van der Waals surface area contributed by atoms with Gasteiger partial charge in [-0.1, -0.05) is 32.4 Å². The molecule has 1 aliphatic heterocycles. The van der Waals surface area contributed by atoms with Gasteiger partial charge in [-0.05, 0) is 47.9 Å². The van der Waals surface area contributed by atoms with Crippen molar-refractivity contribution in [3.05, 3.63) is 64.9 Å². The number of rotatable bonds is 4. The summed E-state index contributed by atoms with van der Waals surface area (Å²) in [5.41, 5.74) is 1.75. The van der Waals surface area contributed by atoms with E-state index in [0.717, 1.165) is 11.4 Å². The fourth-order valence-corrected chi connectivity index (χ4v) is 3.87. The highest BCUT2D eigenvalue weighted by Gasteiger charge is 2.29. The highest BCUT2D eigenvalue weighted by molar-refractivity contribution is 6.30. The number of nitrogens with zero attached hydrogens (tertiary/aromatic N) is 3. The molecule has 3 aromatic rings. The molecule has 1 aliphatic rings. The van der Waals surface area contributed by atoms with Crippen LogP contribution in [0.25, 0.3) is 11.3 Å². The van der Waals surface area contributed by atoms with E-state index in [1.54, 1.807) is 18.2 Å². The van der Waals surface area contributed by atoms with Crippen LogP contribution in [0.5, 0.6) is 0 Å². The van der Waals surface area contributed by atoms with E-state index in [4.69, 9.17) is 16.6 Å². The highest BCUT2D eigenvalue weighted by Crippen LogP contribution is 2.34. The van der Waals surface area contributed by atoms with Crippen LogP contribution in [-0.4, -0.2) is 26.9 Å². The molecular weight excluding hydrogens is 434 g/mol. The third kappa shape index (κ3) is 4.78. The number of benzene rings is 2. The first-order valence-corrected chi connectivity index (χ1v) is 10.8. The lowest BCUT2D eigenvalue weighted by Crippen LogP contribution is -2.40. The maximum absolute atomic E-state index is 14.0. The SMILES string of the molecule is CC(C)(C)CC(=O)N1CCn2c(nc(-c3ccc(F)cc3)c2Nc2ccc(Cl)c(F)c2)C1. The molecule has 5 nitrogen and oxygen atoms in total. The lowest BCUT2D eigenvalue weighted by atomic mass is 9.91. The molecule has 1 aromatic heterocycles. The molecule has 1 amide bonds. The fourth-order valence-electron chi connectivity index (χ4n) is 3.76. The number of halogens is 3. The molecule has 0 saturated heterocycles. The van der Waals surface area contributed by atoms with Gasteiger partial charge in [-0.2, -0.15) is 0 Å². The molecule has 0 saturated carbocycles. The van der Waals surface area contributed by atoms with Gasteiger partial charge in [0.15, 0.2) is 0 Å². The van der Waals surface area contributed by atoms with E-state index in [9.17, 15) is 13.6 Å². The van der Waals surface area contributed by atoms with Crippen molar-refractivity contribution in [2.45, 2.75) is 40.3 Å². The molecule has 168 valence electrons. The summed E-state index contributed by atoms with van der Waals surface area (Å²) in [6, 6.07) is 10.5. The predicted octanol–water partition coefficient (Wildman–Crippen LogP) is 6.00. The molecular formula is C24H25ClF2N4O. The van der Waals surface area contributed by atoms with Crippen LogP contribution >= 0.6 is 11.6 Å². The number of imidazole rings is 1. The van der Waals surface area contributed by atoms with Crippen LogP contribution in [0.15, 0.2) is 42.5 Å². The number of carbonyl (C=O) groups is 1. The Labute approximate surface area is 191 Å². The number of nitrogens with one attached hydrogen (secondary N) is 1. The van der Waals surface area contributed by atoms with Gasteiger partial charge in [0.25, 0.3) is 0 Å². The molecule has 0 bridgehead atoms. The van der Waals surface area contributed by atoms with Gasteiger partial charge in [-0.15, -0.1) is 0 Å². The van der Waals surface area contributed by atoms with Gasteiger partial charge in [0, 0.05) is 30.8 Å². The Morgan fingerprint density at radius 3 is 2.50 bits per heavy atom. The second-order valence-electron chi connectivity index (χ2n) is 9.19. The van der Waals surface area contributed by atoms with E-state index in [0.29, 0.717) is 43.3 Å². The van der Waals surface area contributed by atoms with Crippen LogP contribution in [0.3, 0.4) is 0 Å². The van der Waals surface area contributed by atoms with E-state index in [2.05, 4.69) is 5.32 Å². The minimum absolute atomic E-state index is 0.0395. The van der Waals surface area contributed by atoms with Crippen molar-refractivity contribution < 1.29 is 13.6 Å². The summed E-state index contributed by atoms with van der Waals surface area (Å²) < 4.78 is 29.5. The minimum Gasteiger partial charge on any atom is -0.340 e. The zero-order valence-electron chi connectivity index (χ0n) is 18.3. The summed E-state index contributed by atoms with van der Waals surface area (Å²) in [6.45, 7) is 7.57. The first-order chi connectivity index (χ1) is 15.1. The summed E-state index contributed by atoms with van der Waals surface area (Å²) in [6.07, 6.45) is 0.452. The number of carbonyl (C=O) groups excluding carboxylic acids is 1. The number of amides is 1. The molecule has 2 heterocycles.